The van der Waals surface area contributed by atoms with Crippen LogP contribution in [0.1, 0.15) is 12.5 Å². The van der Waals surface area contributed by atoms with Crippen LogP contribution < -0.4 is 5.32 Å². The van der Waals surface area contributed by atoms with Gasteiger partial charge in [-0.3, -0.25) is 10.1 Å². The SMILES string of the molecule is C=CCSC(C)C(=C1NCCN1Cc1ccc(Cl)nc1)[N+](=O)[O-]. The van der Waals surface area contributed by atoms with Crippen LogP contribution in [0.2, 0.25) is 5.15 Å². The molecule has 1 saturated heterocycles. The molecule has 0 saturated carbocycles. The summed E-state index contributed by atoms with van der Waals surface area (Å²) in [5, 5.41) is 14.9. The first-order valence-corrected chi connectivity index (χ1v) is 8.66. The number of rotatable bonds is 7. The molecule has 2 heterocycles. The molecule has 0 spiro atoms. The fraction of sp³-hybridized carbons (Fsp3) is 0.400. The number of thioether (sulfide) groups is 1. The van der Waals surface area contributed by atoms with Crippen LogP contribution in [0.25, 0.3) is 0 Å². The van der Waals surface area contributed by atoms with Crippen molar-refractivity contribution in [1.29, 1.82) is 0 Å². The van der Waals surface area contributed by atoms with E-state index < -0.39 is 0 Å². The van der Waals surface area contributed by atoms with Crippen molar-refractivity contribution in [3.63, 3.8) is 0 Å². The van der Waals surface area contributed by atoms with Gasteiger partial charge in [0, 0.05) is 31.6 Å². The molecule has 1 aromatic rings. The molecule has 1 fully saturated rings. The van der Waals surface area contributed by atoms with Gasteiger partial charge >= 0.3 is 0 Å². The Morgan fingerprint density at radius 2 is 2.48 bits per heavy atom. The predicted octanol–water partition coefficient (Wildman–Crippen LogP) is 2.89. The summed E-state index contributed by atoms with van der Waals surface area (Å²) >= 11 is 7.29. The highest BCUT2D eigenvalue weighted by molar-refractivity contribution is 8.00. The van der Waals surface area contributed by atoms with Crippen LogP contribution in [0, 0.1) is 10.1 Å². The first-order chi connectivity index (χ1) is 11.0. The van der Waals surface area contributed by atoms with Gasteiger partial charge in [0.1, 0.15) is 5.15 Å². The van der Waals surface area contributed by atoms with Crippen molar-refractivity contribution in [3.8, 4) is 0 Å². The summed E-state index contributed by atoms with van der Waals surface area (Å²) in [6, 6.07) is 3.60. The summed E-state index contributed by atoms with van der Waals surface area (Å²) in [6.45, 7) is 7.47. The van der Waals surface area contributed by atoms with Gasteiger partial charge in [-0.1, -0.05) is 23.7 Å². The van der Waals surface area contributed by atoms with Crippen molar-refractivity contribution in [3.05, 3.63) is 63.3 Å². The van der Waals surface area contributed by atoms with Gasteiger partial charge in [0.05, 0.1) is 10.2 Å². The summed E-state index contributed by atoms with van der Waals surface area (Å²) < 4.78 is 0. The molecule has 0 bridgehead atoms. The minimum absolute atomic E-state index is 0.205. The van der Waals surface area contributed by atoms with E-state index in [1.54, 1.807) is 18.3 Å². The standard InChI is InChI=1S/C15H19ClN4O2S/c1-3-8-23-11(2)14(20(21)22)15-17-6-7-19(15)10-12-4-5-13(16)18-9-12/h3-5,9,11,17H,1,6-8,10H2,2H3. The molecular weight excluding hydrogens is 336 g/mol. The number of halogens is 1. The number of hydrogen-bond donors (Lipinski definition) is 1. The number of aromatic nitrogens is 1. The molecule has 1 N–H and O–H groups in total. The smallest absolute Gasteiger partial charge is 0.298 e. The molecule has 2 rings (SSSR count). The molecule has 1 atom stereocenters. The second kappa shape index (κ2) is 8.21. The number of nitrogens with one attached hydrogen (secondary N) is 1. The third-order valence-corrected chi connectivity index (χ3v) is 4.82. The second-order valence-corrected chi connectivity index (χ2v) is 6.85. The van der Waals surface area contributed by atoms with Gasteiger partial charge in [0.2, 0.25) is 0 Å². The van der Waals surface area contributed by atoms with E-state index in [2.05, 4.69) is 16.9 Å². The van der Waals surface area contributed by atoms with Crippen LogP contribution in [-0.4, -0.2) is 38.9 Å². The van der Waals surface area contributed by atoms with Crippen LogP contribution >= 0.6 is 23.4 Å². The van der Waals surface area contributed by atoms with Crippen LogP contribution in [0.3, 0.4) is 0 Å². The van der Waals surface area contributed by atoms with Crippen molar-refractivity contribution in [2.24, 2.45) is 0 Å². The highest BCUT2D eigenvalue weighted by Gasteiger charge is 2.32. The lowest BCUT2D eigenvalue weighted by molar-refractivity contribution is -0.429. The van der Waals surface area contributed by atoms with Crippen molar-refractivity contribution in [2.75, 3.05) is 18.8 Å². The topological polar surface area (TPSA) is 71.3 Å². The largest absolute Gasteiger partial charge is 0.365 e. The molecular formula is C15H19ClN4O2S. The highest BCUT2D eigenvalue weighted by Crippen LogP contribution is 2.25. The third-order valence-electron chi connectivity index (χ3n) is 3.44. The molecule has 0 amide bonds. The summed E-state index contributed by atoms with van der Waals surface area (Å²) in [4.78, 5) is 17.3. The van der Waals surface area contributed by atoms with Crippen molar-refractivity contribution >= 4 is 23.4 Å². The van der Waals surface area contributed by atoms with Crippen molar-refractivity contribution < 1.29 is 4.92 Å². The number of nitrogens with zero attached hydrogens (tertiary/aromatic N) is 3. The number of hydrogen-bond acceptors (Lipinski definition) is 6. The Balaban J connectivity index is 2.23. The Labute approximate surface area is 144 Å². The lowest BCUT2D eigenvalue weighted by Gasteiger charge is -2.20. The van der Waals surface area contributed by atoms with Crippen LogP contribution in [0.15, 0.2) is 42.5 Å². The van der Waals surface area contributed by atoms with Gasteiger partial charge in [0.15, 0.2) is 5.82 Å². The normalized spacial score (nSPS) is 17.6. The number of nitro groups is 1. The van der Waals surface area contributed by atoms with E-state index in [0.717, 1.165) is 5.56 Å². The van der Waals surface area contributed by atoms with Crippen LogP contribution in [-0.2, 0) is 6.54 Å². The summed E-state index contributed by atoms with van der Waals surface area (Å²) in [7, 11) is 0. The van der Waals surface area contributed by atoms with Crippen molar-refractivity contribution in [1.82, 2.24) is 15.2 Å². The Morgan fingerprint density at radius 1 is 1.70 bits per heavy atom. The number of pyridine rings is 1. The molecule has 1 unspecified atom stereocenters. The molecule has 8 heteroatoms. The van der Waals surface area contributed by atoms with Gasteiger partial charge in [-0.25, -0.2) is 4.98 Å². The average Bonchev–Trinajstić information content (AvgIpc) is 2.95. The molecule has 0 aromatic carbocycles. The van der Waals surface area contributed by atoms with E-state index in [4.69, 9.17) is 11.6 Å². The molecule has 0 radical (unpaired) electrons. The first-order valence-electron chi connectivity index (χ1n) is 7.23. The van der Waals surface area contributed by atoms with Crippen LogP contribution in [0.5, 0.6) is 0 Å². The Kier molecular flexibility index (Phi) is 6.29. The molecule has 124 valence electrons. The van der Waals surface area contributed by atoms with E-state index in [1.807, 2.05) is 17.9 Å². The van der Waals surface area contributed by atoms with E-state index in [-0.39, 0.29) is 15.9 Å². The zero-order valence-corrected chi connectivity index (χ0v) is 14.4. The van der Waals surface area contributed by atoms with Crippen LogP contribution in [0.4, 0.5) is 0 Å². The lowest BCUT2D eigenvalue weighted by atomic mass is 10.2. The zero-order valence-electron chi connectivity index (χ0n) is 12.9. The minimum Gasteiger partial charge on any atom is -0.365 e. The minimum atomic E-state index is -0.290. The summed E-state index contributed by atoms with van der Waals surface area (Å²) in [5.41, 5.74) is 1.17. The van der Waals surface area contributed by atoms with E-state index in [0.29, 0.717) is 36.4 Å². The molecule has 1 aliphatic heterocycles. The molecule has 1 aromatic heterocycles. The Bertz CT molecular complexity index is 606. The van der Waals surface area contributed by atoms with E-state index >= 15 is 0 Å². The lowest BCUT2D eigenvalue weighted by Crippen LogP contribution is -2.27. The van der Waals surface area contributed by atoms with Crippen molar-refractivity contribution in [2.45, 2.75) is 18.7 Å². The maximum absolute atomic E-state index is 11.5. The van der Waals surface area contributed by atoms with Gasteiger partial charge < -0.3 is 10.2 Å². The molecule has 0 aliphatic carbocycles. The van der Waals surface area contributed by atoms with E-state index in [1.165, 1.54) is 11.8 Å². The van der Waals surface area contributed by atoms with Gasteiger partial charge in [-0.15, -0.1) is 18.3 Å². The maximum Gasteiger partial charge on any atom is 0.298 e. The molecule has 23 heavy (non-hydrogen) atoms. The van der Waals surface area contributed by atoms with Gasteiger partial charge in [0.25, 0.3) is 5.70 Å². The van der Waals surface area contributed by atoms with E-state index in [9.17, 15) is 10.1 Å². The molecule has 6 nitrogen and oxygen atoms in total. The third kappa shape index (κ3) is 4.62. The Morgan fingerprint density at radius 3 is 3.09 bits per heavy atom. The predicted molar refractivity (Wildman–Crippen MR) is 93.8 cm³/mol. The zero-order chi connectivity index (χ0) is 16.8. The summed E-state index contributed by atoms with van der Waals surface area (Å²) in [6.07, 6.45) is 3.45. The van der Waals surface area contributed by atoms with Gasteiger partial charge in [-0.05, 0) is 18.6 Å². The summed E-state index contributed by atoms with van der Waals surface area (Å²) in [5.74, 6) is 1.27. The molecule has 1 aliphatic rings. The van der Waals surface area contributed by atoms with Gasteiger partial charge in [-0.2, -0.15) is 0 Å². The second-order valence-electron chi connectivity index (χ2n) is 5.09. The monoisotopic (exact) mass is 354 g/mol. The fourth-order valence-corrected chi connectivity index (χ4v) is 3.27. The first kappa shape index (κ1) is 17.6. The average molecular weight is 355 g/mol. The fourth-order valence-electron chi connectivity index (χ4n) is 2.38. The quantitative estimate of drug-likeness (QED) is 0.351. The maximum atomic E-state index is 11.5. The Hall–Kier alpha value is -1.73. The highest BCUT2D eigenvalue weighted by atomic mass is 35.5.